The van der Waals surface area contributed by atoms with Crippen LogP contribution in [0.25, 0.3) is 11.4 Å². The van der Waals surface area contributed by atoms with E-state index in [1.807, 2.05) is 0 Å². The number of hydrogen-bond donors (Lipinski definition) is 3. The van der Waals surface area contributed by atoms with Gasteiger partial charge in [0.2, 0.25) is 15.9 Å². The van der Waals surface area contributed by atoms with Gasteiger partial charge >= 0.3 is 0 Å². The van der Waals surface area contributed by atoms with E-state index >= 15 is 0 Å². The van der Waals surface area contributed by atoms with E-state index in [9.17, 15) is 17.6 Å². The lowest BCUT2D eigenvalue weighted by Crippen LogP contribution is -2.41. The first-order chi connectivity index (χ1) is 14.3. The third-order valence-electron chi connectivity index (χ3n) is 4.73. The summed E-state index contributed by atoms with van der Waals surface area (Å²) in [5.74, 6) is 0.486. The molecule has 30 heavy (non-hydrogen) atoms. The molecule has 0 saturated heterocycles. The molecule has 4 rings (SSSR count). The van der Waals surface area contributed by atoms with Crippen LogP contribution < -0.4 is 10.0 Å². The zero-order valence-electron chi connectivity index (χ0n) is 16.1. The van der Waals surface area contributed by atoms with Gasteiger partial charge in [-0.3, -0.25) is 9.89 Å². The van der Waals surface area contributed by atoms with Gasteiger partial charge in [-0.1, -0.05) is 12.1 Å². The number of amides is 1. The predicted molar refractivity (Wildman–Crippen MR) is 109 cm³/mol. The summed E-state index contributed by atoms with van der Waals surface area (Å²) in [6.07, 6.45) is 2.25. The molecule has 1 amide bonds. The van der Waals surface area contributed by atoms with E-state index in [1.165, 1.54) is 19.1 Å². The first-order valence-corrected chi connectivity index (χ1v) is 10.9. The second-order valence-corrected chi connectivity index (χ2v) is 8.84. The van der Waals surface area contributed by atoms with Crippen molar-refractivity contribution in [3.8, 4) is 11.4 Å². The van der Waals surface area contributed by atoms with Gasteiger partial charge in [0, 0.05) is 17.2 Å². The molecule has 0 bridgehead atoms. The van der Waals surface area contributed by atoms with E-state index in [2.05, 4.69) is 25.2 Å². The molecular weight excluding hydrogens is 409 g/mol. The number of rotatable bonds is 7. The molecule has 1 aromatic heterocycles. The van der Waals surface area contributed by atoms with E-state index in [0.717, 1.165) is 36.4 Å². The summed E-state index contributed by atoms with van der Waals surface area (Å²) in [6.45, 7) is 1.38. The minimum atomic E-state index is -4.18. The summed E-state index contributed by atoms with van der Waals surface area (Å²) in [7, 11) is -4.18. The highest BCUT2D eigenvalue weighted by atomic mass is 32.2. The smallest absolute Gasteiger partial charge is 0.244 e. The normalized spacial score (nSPS) is 15.0. The molecule has 3 N–H and O–H groups in total. The average Bonchev–Trinajstić information content (AvgIpc) is 3.45. The molecule has 0 unspecified atom stereocenters. The second kappa shape index (κ2) is 7.96. The van der Waals surface area contributed by atoms with Crippen molar-refractivity contribution in [2.24, 2.45) is 0 Å². The molecule has 156 valence electrons. The molecule has 3 aromatic rings. The highest BCUT2D eigenvalue weighted by molar-refractivity contribution is 7.89. The van der Waals surface area contributed by atoms with Crippen LogP contribution in [-0.2, 0) is 14.8 Å². The fourth-order valence-electron chi connectivity index (χ4n) is 2.91. The Morgan fingerprint density at radius 3 is 2.53 bits per heavy atom. The van der Waals surface area contributed by atoms with Gasteiger partial charge in [0.05, 0.1) is 6.04 Å². The predicted octanol–water partition coefficient (Wildman–Crippen LogP) is 2.79. The van der Waals surface area contributed by atoms with Crippen LogP contribution in [0.3, 0.4) is 0 Å². The zero-order valence-corrected chi connectivity index (χ0v) is 16.9. The fraction of sp³-hybridized carbons (Fsp3) is 0.250. The van der Waals surface area contributed by atoms with Crippen molar-refractivity contribution in [1.82, 2.24) is 19.9 Å². The number of benzene rings is 2. The number of carbonyl (C=O) groups excluding carboxylic acids is 1. The van der Waals surface area contributed by atoms with Crippen LogP contribution in [-0.4, -0.2) is 35.5 Å². The van der Waals surface area contributed by atoms with E-state index in [-0.39, 0.29) is 0 Å². The van der Waals surface area contributed by atoms with Crippen LogP contribution in [0.15, 0.2) is 53.4 Å². The molecule has 1 aliphatic carbocycles. The number of carbonyl (C=O) groups is 1. The van der Waals surface area contributed by atoms with Crippen LogP contribution >= 0.6 is 0 Å². The van der Waals surface area contributed by atoms with E-state index < -0.39 is 32.7 Å². The van der Waals surface area contributed by atoms with Gasteiger partial charge in [0.25, 0.3) is 0 Å². The van der Waals surface area contributed by atoms with Gasteiger partial charge in [-0.05, 0) is 56.2 Å². The Bertz CT molecular complexity index is 1170. The van der Waals surface area contributed by atoms with E-state index in [0.29, 0.717) is 17.4 Å². The first kappa shape index (κ1) is 20.2. The van der Waals surface area contributed by atoms with Gasteiger partial charge in [-0.25, -0.2) is 17.8 Å². The van der Waals surface area contributed by atoms with Crippen molar-refractivity contribution in [2.45, 2.75) is 36.6 Å². The standard InChI is InChI=1S/C20H20FN5O3S/c1-12(26-30(28,29)17-5-3-2-4-16(17)21)20(27)22-15-10-8-14(9-11-15)19-23-18(24-25-19)13-6-7-13/h2-5,8-13,26H,6-7H2,1H3,(H,22,27)(H,23,24,25)/t12-/m0/s1. The number of halogens is 1. The third-order valence-corrected chi connectivity index (χ3v) is 6.30. The van der Waals surface area contributed by atoms with Crippen LogP contribution in [0.2, 0.25) is 0 Å². The third kappa shape index (κ3) is 4.39. The van der Waals surface area contributed by atoms with Gasteiger partial charge in [0.1, 0.15) is 16.5 Å². The molecule has 0 spiro atoms. The lowest BCUT2D eigenvalue weighted by atomic mass is 10.2. The molecule has 0 radical (unpaired) electrons. The number of nitrogens with one attached hydrogen (secondary N) is 3. The van der Waals surface area contributed by atoms with Crippen molar-refractivity contribution in [3.63, 3.8) is 0 Å². The van der Waals surface area contributed by atoms with Crippen LogP contribution in [0.1, 0.15) is 31.5 Å². The minimum absolute atomic E-state index is 0.472. The van der Waals surface area contributed by atoms with Crippen molar-refractivity contribution in [1.29, 1.82) is 0 Å². The largest absolute Gasteiger partial charge is 0.325 e. The van der Waals surface area contributed by atoms with Crippen molar-refractivity contribution in [3.05, 3.63) is 60.2 Å². The lowest BCUT2D eigenvalue weighted by Gasteiger charge is -2.15. The molecule has 8 nitrogen and oxygen atoms in total. The zero-order chi connectivity index (χ0) is 21.3. The Hall–Kier alpha value is -3.11. The molecule has 1 aliphatic rings. The molecule has 1 atom stereocenters. The van der Waals surface area contributed by atoms with Crippen LogP contribution in [0.4, 0.5) is 10.1 Å². The molecule has 1 saturated carbocycles. The summed E-state index contributed by atoms with van der Waals surface area (Å²) in [5.41, 5.74) is 1.28. The Morgan fingerprint density at radius 1 is 1.17 bits per heavy atom. The van der Waals surface area contributed by atoms with Crippen LogP contribution in [0.5, 0.6) is 0 Å². The molecule has 1 fully saturated rings. The highest BCUT2D eigenvalue weighted by Gasteiger charge is 2.27. The van der Waals surface area contributed by atoms with Gasteiger partial charge in [0.15, 0.2) is 5.82 Å². The van der Waals surface area contributed by atoms with Gasteiger partial charge in [-0.15, -0.1) is 0 Å². The summed E-state index contributed by atoms with van der Waals surface area (Å²) >= 11 is 0. The Labute approximate surface area is 173 Å². The summed E-state index contributed by atoms with van der Waals surface area (Å²) in [4.78, 5) is 16.4. The Morgan fingerprint density at radius 2 is 1.87 bits per heavy atom. The number of aromatic nitrogens is 3. The van der Waals surface area contributed by atoms with Crippen molar-refractivity contribution >= 4 is 21.6 Å². The summed E-state index contributed by atoms with van der Waals surface area (Å²) < 4.78 is 40.6. The average molecular weight is 429 g/mol. The maximum Gasteiger partial charge on any atom is 0.244 e. The van der Waals surface area contributed by atoms with Gasteiger partial charge < -0.3 is 5.32 Å². The number of hydrogen-bond acceptors (Lipinski definition) is 5. The summed E-state index contributed by atoms with van der Waals surface area (Å²) in [6, 6.07) is 10.8. The quantitative estimate of drug-likeness (QED) is 0.534. The Balaban J connectivity index is 1.39. The summed E-state index contributed by atoms with van der Waals surface area (Å²) in [5, 5.41) is 9.79. The first-order valence-electron chi connectivity index (χ1n) is 9.44. The van der Waals surface area contributed by atoms with Crippen LogP contribution in [0, 0.1) is 5.82 Å². The minimum Gasteiger partial charge on any atom is -0.325 e. The highest BCUT2D eigenvalue weighted by Crippen LogP contribution is 2.38. The molecule has 1 heterocycles. The van der Waals surface area contributed by atoms with E-state index in [4.69, 9.17) is 0 Å². The fourth-order valence-corrected chi connectivity index (χ4v) is 4.19. The Kier molecular flexibility index (Phi) is 5.35. The monoisotopic (exact) mass is 429 g/mol. The maximum atomic E-state index is 13.8. The number of nitrogens with zero attached hydrogens (tertiary/aromatic N) is 2. The molecule has 10 heteroatoms. The second-order valence-electron chi connectivity index (χ2n) is 7.16. The topological polar surface area (TPSA) is 117 Å². The van der Waals surface area contributed by atoms with Crippen molar-refractivity contribution in [2.75, 3.05) is 5.32 Å². The number of anilines is 1. The number of aromatic amines is 1. The number of sulfonamides is 1. The molecule has 2 aromatic carbocycles. The number of H-pyrrole nitrogens is 1. The lowest BCUT2D eigenvalue weighted by molar-refractivity contribution is -0.117. The maximum absolute atomic E-state index is 13.8. The van der Waals surface area contributed by atoms with Gasteiger partial charge in [-0.2, -0.15) is 9.82 Å². The van der Waals surface area contributed by atoms with Crippen molar-refractivity contribution < 1.29 is 17.6 Å². The van der Waals surface area contributed by atoms with E-state index in [1.54, 1.807) is 24.3 Å². The molecule has 0 aliphatic heterocycles. The molecular formula is C20H20FN5O3S. The SMILES string of the molecule is C[C@H](NS(=O)(=O)c1ccccc1F)C(=O)Nc1ccc(-c2n[nH]c(C3CC3)n2)cc1.